The Hall–Kier alpha value is -2.43. The van der Waals surface area contributed by atoms with Gasteiger partial charge < -0.3 is 10.2 Å². The topological polar surface area (TPSA) is 74.2 Å². The number of carbonyl (C=O) groups excluding carboxylic acids is 1. The maximum Gasteiger partial charge on any atom is 0.254 e. The zero-order valence-electron chi connectivity index (χ0n) is 15.4. The Labute approximate surface area is 179 Å². The first kappa shape index (κ1) is 19.9. The van der Waals surface area contributed by atoms with Crippen LogP contribution in [0, 0.1) is 5.95 Å². The third-order valence-corrected chi connectivity index (χ3v) is 5.93. The molecule has 0 spiro atoms. The lowest BCUT2D eigenvalue weighted by Gasteiger charge is -2.34. The molecule has 0 saturated carbocycles. The second kappa shape index (κ2) is 8.93. The van der Waals surface area contributed by atoms with Crippen molar-refractivity contribution in [3.8, 4) is 0 Å². The van der Waals surface area contributed by atoms with Crippen LogP contribution in [0.2, 0.25) is 0 Å². The molecule has 1 aliphatic heterocycles. The predicted molar refractivity (Wildman–Crippen MR) is 113 cm³/mol. The largest absolute Gasteiger partial charge is 0.336 e. The highest BCUT2D eigenvalue weighted by molar-refractivity contribution is 9.11. The Kier molecular flexibility index (Phi) is 6.12. The predicted octanol–water partition coefficient (Wildman–Crippen LogP) is 3.54. The van der Waals surface area contributed by atoms with Crippen LogP contribution in [0.1, 0.15) is 16.1 Å². The van der Waals surface area contributed by atoms with Gasteiger partial charge in [0.2, 0.25) is 5.95 Å². The Morgan fingerprint density at radius 1 is 1.21 bits per heavy atom. The fraction of sp³-hybridized carbons (Fsp3) is 0.263. The third kappa shape index (κ3) is 5.14. The molecule has 0 radical (unpaired) electrons. The van der Waals surface area contributed by atoms with Crippen molar-refractivity contribution in [1.82, 2.24) is 24.8 Å². The summed E-state index contributed by atoms with van der Waals surface area (Å²) in [4.78, 5) is 28.9. The molecule has 0 atom stereocenters. The molecule has 150 valence electrons. The fourth-order valence-electron chi connectivity index (χ4n) is 3.12. The second-order valence-corrected chi connectivity index (χ2v) is 8.95. The van der Waals surface area contributed by atoms with Crippen LogP contribution in [0.3, 0.4) is 0 Å². The number of carbonyl (C=O) groups is 1. The highest BCUT2D eigenvalue weighted by atomic mass is 79.9. The number of rotatable bonds is 5. The van der Waals surface area contributed by atoms with Gasteiger partial charge in [0, 0.05) is 50.6 Å². The van der Waals surface area contributed by atoms with E-state index in [4.69, 9.17) is 0 Å². The summed E-state index contributed by atoms with van der Waals surface area (Å²) >= 11 is 4.90. The first-order chi connectivity index (χ1) is 14.1. The molecule has 0 unspecified atom stereocenters. The zero-order chi connectivity index (χ0) is 20.2. The van der Waals surface area contributed by atoms with E-state index in [2.05, 4.69) is 41.1 Å². The van der Waals surface area contributed by atoms with Gasteiger partial charge in [0.1, 0.15) is 5.82 Å². The number of hydrogen-bond acceptors (Lipinski definition) is 7. The van der Waals surface area contributed by atoms with E-state index >= 15 is 0 Å². The van der Waals surface area contributed by atoms with Gasteiger partial charge in [-0.05, 0) is 34.1 Å². The monoisotopic (exact) mass is 476 g/mol. The van der Waals surface area contributed by atoms with E-state index < -0.39 is 5.95 Å². The van der Waals surface area contributed by atoms with Crippen molar-refractivity contribution in [3.63, 3.8) is 0 Å². The highest BCUT2D eigenvalue weighted by Crippen LogP contribution is 2.25. The zero-order valence-corrected chi connectivity index (χ0v) is 17.8. The van der Waals surface area contributed by atoms with E-state index in [-0.39, 0.29) is 5.91 Å². The average Bonchev–Trinajstić information content (AvgIpc) is 3.13. The van der Waals surface area contributed by atoms with Gasteiger partial charge in [0.05, 0.1) is 15.7 Å². The first-order valence-corrected chi connectivity index (χ1v) is 10.7. The Bertz CT molecular complexity index is 1010. The standard InChI is InChI=1S/C19H18BrFN6OS/c20-15-11-23-19(29-15)25-17-3-1-2-14(24-17)12-26-6-8-27(9-7-26)18(28)13-4-5-22-16(21)10-13/h1-5,10-11H,6-9,12H2,(H,23,24,25). The van der Waals surface area contributed by atoms with Crippen molar-refractivity contribution in [2.24, 2.45) is 0 Å². The number of pyridine rings is 2. The smallest absolute Gasteiger partial charge is 0.254 e. The second-order valence-electron chi connectivity index (χ2n) is 6.54. The quantitative estimate of drug-likeness (QED) is 0.567. The van der Waals surface area contributed by atoms with Crippen molar-refractivity contribution in [2.75, 3.05) is 31.5 Å². The number of halogens is 2. The molecular formula is C19H18BrFN6OS. The van der Waals surface area contributed by atoms with E-state index in [1.165, 1.54) is 23.6 Å². The summed E-state index contributed by atoms with van der Waals surface area (Å²) in [7, 11) is 0. The van der Waals surface area contributed by atoms with E-state index in [0.29, 0.717) is 25.2 Å². The summed E-state index contributed by atoms with van der Waals surface area (Å²) in [6.07, 6.45) is 3.06. The van der Waals surface area contributed by atoms with Crippen molar-refractivity contribution in [1.29, 1.82) is 0 Å². The molecule has 1 fully saturated rings. The highest BCUT2D eigenvalue weighted by Gasteiger charge is 2.22. The van der Waals surface area contributed by atoms with E-state index in [9.17, 15) is 9.18 Å². The number of thiazole rings is 1. The number of piperazine rings is 1. The molecule has 0 bridgehead atoms. The lowest BCUT2D eigenvalue weighted by molar-refractivity contribution is 0.0626. The van der Waals surface area contributed by atoms with Gasteiger partial charge in [-0.2, -0.15) is 4.39 Å². The minimum atomic E-state index is -0.640. The summed E-state index contributed by atoms with van der Waals surface area (Å²) in [6, 6.07) is 8.58. The van der Waals surface area contributed by atoms with Crippen LogP contribution in [0.25, 0.3) is 0 Å². The summed E-state index contributed by atoms with van der Waals surface area (Å²) in [6.45, 7) is 3.35. The molecule has 3 aromatic rings. The fourth-order valence-corrected chi connectivity index (χ4v) is 4.23. The van der Waals surface area contributed by atoms with Gasteiger partial charge in [-0.25, -0.2) is 15.0 Å². The van der Waals surface area contributed by atoms with Gasteiger partial charge >= 0.3 is 0 Å². The van der Waals surface area contributed by atoms with Crippen molar-refractivity contribution in [2.45, 2.75) is 6.54 Å². The van der Waals surface area contributed by atoms with Crippen molar-refractivity contribution in [3.05, 3.63) is 63.7 Å². The number of nitrogens with zero attached hydrogens (tertiary/aromatic N) is 5. The summed E-state index contributed by atoms with van der Waals surface area (Å²) < 4.78 is 14.2. The molecule has 1 amide bonds. The minimum Gasteiger partial charge on any atom is -0.336 e. The van der Waals surface area contributed by atoms with Crippen LogP contribution in [-0.2, 0) is 6.54 Å². The van der Waals surface area contributed by atoms with Crippen LogP contribution >= 0.6 is 27.3 Å². The number of nitrogens with one attached hydrogen (secondary N) is 1. The van der Waals surface area contributed by atoms with Gasteiger partial charge in [0.15, 0.2) is 5.13 Å². The molecule has 0 aromatic carbocycles. The number of hydrogen-bond donors (Lipinski definition) is 1. The van der Waals surface area contributed by atoms with E-state index in [1.54, 1.807) is 17.2 Å². The molecule has 7 nitrogen and oxygen atoms in total. The SMILES string of the molecule is O=C(c1ccnc(F)c1)N1CCN(Cc2cccc(Nc3ncc(Br)s3)n2)CC1. The first-order valence-electron chi connectivity index (χ1n) is 9.04. The van der Waals surface area contributed by atoms with Crippen LogP contribution in [-0.4, -0.2) is 56.8 Å². The molecule has 1 aliphatic rings. The Balaban J connectivity index is 1.32. The molecule has 29 heavy (non-hydrogen) atoms. The normalized spacial score (nSPS) is 14.8. The molecule has 3 aromatic heterocycles. The third-order valence-electron chi connectivity index (χ3n) is 4.54. The average molecular weight is 477 g/mol. The summed E-state index contributed by atoms with van der Waals surface area (Å²) in [5, 5.41) is 3.99. The number of amides is 1. The van der Waals surface area contributed by atoms with Crippen molar-refractivity contribution < 1.29 is 9.18 Å². The number of anilines is 2. The van der Waals surface area contributed by atoms with Crippen molar-refractivity contribution >= 4 is 44.1 Å². The van der Waals surface area contributed by atoms with Crippen LogP contribution in [0.4, 0.5) is 15.3 Å². The molecule has 4 heterocycles. The maximum absolute atomic E-state index is 13.3. The summed E-state index contributed by atoms with van der Waals surface area (Å²) in [5.74, 6) is -0.0538. The van der Waals surface area contributed by atoms with E-state index in [0.717, 1.165) is 33.5 Å². The van der Waals surface area contributed by atoms with Gasteiger partial charge in [0.25, 0.3) is 5.91 Å². The Morgan fingerprint density at radius 3 is 2.76 bits per heavy atom. The van der Waals surface area contributed by atoms with E-state index in [1.807, 2.05) is 18.2 Å². The summed E-state index contributed by atoms with van der Waals surface area (Å²) in [5.41, 5.74) is 1.28. The number of aromatic nitrogens is 3. The molecule has 1 N–H and O–H groups in total. The maximum atomic E-state index is 13.3. The molecular weight excluding hydrogens is 459 g/mol. The van der Waals surface area contributed by atoms with Gasteiger partial charge in [-0.1, -0.05) is 17.4 Å². The Morgan fingerprint density at radius 2 is 2.03 bits per heavy atom. The van der Waals surface area contributed by atoms with Crippen LogP contribution < -0.4 is 5.32 Å². The lowest BCUT2D eigenvalue weighted by Crippen LogP contribution is -2.48. The molecule has 0 aliphatic carbocycles. The van der Waals surface area contributed by atoms with Crippen LogP contribution in [0.5, 0.6) is 0 Å². The lowest BCUT2D eigenvalue weighted by atomic mass is 10.2. The van der Waals surface area contributed by atoms with Gasteiger partial charge in [-0.3, -0.25) is 9.69 Å². The van der Waals surface area contributed by atoms with Crippen LogP contribution in [0.15, 0.2) is 46.5 Å². The molecule has 1 saturated heterocycles. The van der Waals surface area contributed by atoms with Gasteiger partial charge in [-0.15, -0.1) is 0 Å². The minimum absolute atomic E-state index is 0.162. The molecule has 10 heteroatoms. The molecule has 4 rings (SSSR count).